The van der Waals surface area contributed by atoms with Gasteiger partial charge in [0.15, 0.2) is 0 Å². The minimum Gasteiger partial charge on any atom is -0.330 e. The zero-order valence-electron chi connectivity index (χ0n) is 12.1. The van der Waals surface area contributed by atoms with Crippen LogP contribution in [0, 0.1) is 10.1 Å². The molecule has 1 aromatic carbocycles. The van der Waals surface area contributed by atoms with Gasteiger partial charge in [-0.15, -0.1) is 0 Å². The molecule has 22 heavy (non-hydrogen) atoms. The van der Waals surface area contributed by atoms with Crippen molar-refractivity contribution in [3.05, 3.63) is 64.5 Å². The highest BCUT2D eigenvalue weighted by Crippen LogP contribution is 2.31. The van der Waals surface area contributed by atoms with Gasteiger partial charge in [0.1, 0.15) is 5.65 Å². The normalized spacial score (nSPS) is 12.5. The van der Waals surface area contributed by atoms with E-state index in [1.54, 1.807) is 12.1 Å². The number of imidazole rings is 1. The Morgan fingerprint density at radius 3 is 2.86 bits per heavy atom. The lowest BCUT2D eigenvalue weighted by Crippen LogP contribution is -2.12. The molecule has 0 saturated carbocycles. The number of hydrogen-bond donors (Lipinski definition) is 1. The zero-order chi connectivity index (χ0) is 15.7. The standard InChI is InChI=1S/C16H16N4O2/c1-11(10-17)16-15(18-14-7-2-3-8-19(14)16)12-5-4-6-13(9-12)20(21)22/h2-9,11H,10,17H2,1H3. The highest BCUT2D eigenvalue weighted by Gasteiger charge is 2.19. The van der Waals surface area contributed by atoms with Gasteiger partial charge < -0.3 is 10.1 Å². The van der Waals surface area contributed by atoms with Gasteiger partial charge >= 0.3 is 0 Å². The van der Waals surface area contributed by atoms with E-state index in [2.05, 4.69) is 4.98 Å². The molecule has 2 aromatic heterocycles. The van der Waals surface area contributed by atoms with Crippen LogP contribution in [0.5, 0.6) is 0 Å². The van der Waals surface area contributed by atoms with Crippen LogP contribution in [0.3, 0.4) is 0 Å². The summed E-state index contributed by atoms with van der Waals surface area (Å²) in [6.07, 6.45) is 1.94. The molecule has 0 fully saturated rings. The SMILES string of the molecule is CC(CN)c1c(-c2cccc([N+](=O)[O-])c2)nc2ccccn12. The summed E-state index contributed by atoms with van der Waals surface area (Å²) in [5.41, 5.74) is 9.14. The maximum Gasteiger partial charge on any atom is 0.270 e. The van der Waals surface area contributed by atoms with Crippen molar-refractivity contribution in [1.82, 2.24) is 9.38 Å². The third kappa shape index (κ3) is 2.33. The predicted octanol–water partition coefficient (Wildman–Crippen LogP) is 2.97. The maximum atomic E-state index is 11.0. The number of nitro groups is 1. The summed E-state index contributed by atoms with van der Waals surface area (Å²) in [6, 6.07) is 12.3. The summed E-state index contributed by atoms with van der Waals surface area (Å²) in [5, 5.41) is 11.0. The number of fused-ring (bicyclic) bond motifs is 1. The molecule has 3 rings (SSSR count). The van der Waals surface area contributed by atoms with Gasteiger partial charge in [-0.2, -0.15) is 0 Å². The largest absolute Gasteiger partial charge is 0.330 e. The molecule has 2 heterocycles. The van der Waals surface area contributed by atoms with E-state index in [0.717, 1.165) is 22.6 Å². The Labute approximate surface area is 127 Å². The van der Waals surface area contributed by atoms with Crippen molar-refractivity contribution in [3.8, 4) is 11.3 Å². The van der Waals surface area contributed by atoms with Crippen LogP contribution >= 0.6 is 0 Å². The average molecular weight is 296 g/mol. The van der Waals surface area contributed by atoms with Crippen molar-refractivity contribution in [3.63, 3.8) is 0 Å². The second-order valence-electron chi connectivity index (χ2n) is 5.22. The lowest BCUT2D eigenvalue weighted by Gasteiger charge is -2.11. The second kappa shape index (κ2) is 5.57. The maximum absolute atomic E-state index is 11.0. The number of rotatable bonds is 4. The topological polar surface area (TPSA) is 86.5 Å². The van der Waals surface area contributed by atoms with Crippen LogP contribution in [-0.2, 0) is 0 Å². The van der Waals surface area contributed by atoms with Gasteiger partial charge in [-0.1, -0.05) is 25.1 Å². The van der Waals surface area contributed by atoms with Crippen LogP contribution in [0.25, 0.3) is 16.9 Å². The van der Waals surface area contributed by atoms with Crippen molar-refractivity contribution in [2.24, 2.45) is 5.73 Å². The summed E-state index contributed by atoms with van der Waals surface area (Å²) >= 11 is 0. The van der Waals surface area contributed by atoms with Gasteiger partial charge in [-0.25, -0.2) is 4.98 Å². The van der Waals surface area contributed by atoms with Gasteiger partial charge in [-0.3, -0.25) is 10.1 Å². The molecule has 0 aliphatic heterocycles. The number of nitrogens with zero attached hydrogens (tertiary/aromatic N) is 3. The van der Waals surface area contributed by atoms with Crippen molar-refractivity contribution in [2.45, 2.75) is 12.8 Å². The van der Waals surface area contributed by atoms with E-state index in [9.17, 15) is 10.1 Å². The molecule has 0 radical (unpaired) electrons. The van der Waals surface area contributed by atoms with E-state index in [4.69, 9.17) is 5.73 Å². The summed E-state index contributed by atoms with van der Waals surface area (Å²) in [7, 11) is 0. The molecule has 0 aliphatic carbocycles. The Hall–Kier alpha value is -2.73. The molecular weight excluding hydrogens is 280 g/mol. The summed E-state index contributed by atoms with van der Waals surface area (Å²) in [4.78, 5) is 15.2. The Morgan fingerprint density at radius 1 is 1.32 bits per heavy atom. The third-order valence-corrected chi connectivity index (χ3v) is 3.72. The highest BCUT2D eigenvalue weighted by molar-refractivity contribution is 5.69. The molecule has 112 valence electrons. The molecule has 0 spiro atoms. The molecular formula is C16H16N4O2. The smallest absolute Gasteiger partial charge is 0.270 e. The Bertz CT molecular complexity index is 841. The number of nitrogens with two attached hydrogens (primary N) is 1. The first kappa shape index (κ1) is 14.2. The Balaban J connectivity index is 2.26. The zero-order valence-corrected chi connectivity index (χ0v) is 12.1. The minimum absolute atomic E-state index is 0.0564. The van der Waals surface area contributed by atoms with Crippen molar-refractivity contribution in [1.29, 1.82) is 0 Å². The molecule has 3 aromatic rings. The Kier molecular flexibility index (Phi) is 3.60. The van der Waals surface area contributed by atoms with E-state index in [-0.39, 0.29) is 11.6 Å². The quantitative estimate of drug-likeness (QED) is 0.592. The Morgan fingerprint density at radius 2 is 2.14 bits per heavy atom. The van der Waals surface area contributed by atoms with E-state index >= 15 is 0 Å². The van der Waals surface area contributed by atoms with Gasteiger partial charge in [0.25, 0.3) is 5.69 Å². The van der Waals surface area contributed by atoms with E-state index in [1.165, 1.54) is 6.07 Å². The first-order chi connectivity index (χ1) is 10.6. The van der Waals surface area contributed by atoms with Crippen LogP contribution in [0.4, 0.5) is 5.69 Å². The second-order valence-corrected chi connectivity index (χ2v) is 5.22. The number of non-ortho nitro benzene ring substituents is 1. The van der Waals surface area contributed by atoms with Gasteiger partial charge in [0.2, 0.25) is 0 Å². The van der Waals surface area contributed by atoms with Crippen molar-refractivity contribution < 1.29 is 4.92 Å². The fourth-order valence-electron chi connectivity index (χ4n) is 2.58. The van der Waals surface area contributed by atoms with Crippen LogP contribution < -0.4 is 5.73 Å². The van der Waals surface area contributed by atoms with E-state index < -0.39 is 4.92 Å². The lowest BCUT2D eigenvalue weighted by atomic mass is 10.0. The van der Waals surface area contributed by atoms with E-state index in [1.807, 2.05) is 41.8 Å². The number of nitro benzene ring substituents is 1. The fourth-order valence-corrected chi connectivity index (χ4v) is 2.58. The summed E-state index contributed by atoms with van der Waals surface area (Å²) < 4.78 is 1.99. The molecule has 1 atom stereocenters. The van der Waals surface area contributed by atoms with E-state index in [0.29, 0.717) is 6.54 Å². The average Bonchev–Trinajstić information content (AvgIpc) is 2.93. The number of benzene rings is 1. The third-order valence-electron chi connectivity index (χ3n) is 3.72. The first-order valence-corrected chi connectivity index (χ1v) is 7.03. The molecule has 6 heteroatoms. The predicted molar refractivity (Wildman–Crippen MR) is 84.8 cm³/mol. The molecule has 0 aliphatic rings. The lowest BCUT2D eigenvalue weighted by molar-refractivity contribution is -0.384. The number of hydrogen-bond acceptors (Lipinski definition) is 4. The van der Waals surface area contributed by atoms with Crippen LogP contribution in [0.2, 0.25) is 0 Å². The molecule has 0 amide bonds. The summed E-state index contributed by atoms with van der Waals surface area (Å²) in [6.45, 7) is 2.50. The van der Waals surface area contributed by atoms with Crippen LogP contribution in [0.15, 0.2) is 48.7 Å². The molecule has 6 nitrogen and oxygen atoms in total. The van der Waals surface area contributed by atoms with Crippen LogP contribution in [0.1, 0.15) is 18.5 Å². The first-order valence-electron chi connectivity index (χ1n) is 7.03. The molecule has 2 N–H and O–H groups in total. The van der Waals surface area contributed by atoms with Crippen molar-refractivity contribution in [2.75, 3.05) is 6.54 Å². The molecule has 0 bridgehead atoms. The van der Waals surface area contributed by atoms with Gasteiger partial charge in [-0.05, 0) is 12.1 Å². The number of pyridine rings is 1. The van der Waals surface area contributed by atoms with Crippen molar-refractivity contribution >= 4 is 11.3 Å². The van der Waals surface area contributed by atoms with Crippen LogP contribution in [-0.4, -0.2) is 20.9 Å². The molecule has 0 saturated heterocycles. The monoisotopic (exact) mass is 296 g/mol. The molecule has 1 unspecified atom stereocenters. The fraction of sp³-hybridized carbons (Fsp3) is 0.188. The van der Waals surface area contributed by atoms with Gasteiger partial charge in [0, 0.05) is 36.4 Å². The summed E-state index contributed by atoms with van der Waals surface area (Å²) in [5.74, 6) is 0.0895. The minimum atomic E-state index is -0.397. The number of aromatic nitrogens is 2. The van der Waals surface area contributed by atoms with Gasteiger partial charge in [0.05, 0.1) is 16.3 Å². The highest BCUT2D eigenvalue weighted by atomic mass is 16.6.